The summed E-state index contributed by atoms with van der Waals surface area (Å²) in [7, 11) is -0.934. The molecule has 4 heterocycles. The number of benzene rings is 1. The Kier molecular flexibility index (Phi) is 4.35. The lowest BCUT2D eigenvalue weighted by atomic mass is 9.84. The van der Waals surface area contributed by atoms with E-state index in [-0.39, 0.29) is 34.2 Å². The van der Waals surface area contributed by atoms with Crippen molar-refractivity contribution in [3.05, 3.63) is 73.3 Å². The zero-order valence-corrected chi connectivity index (χ0v) is 18.0. The standard InChI is InChI=1S/C21H22N4O5S/c1-22-18-7-6-15(9-16(18)20(27)23(2)21(22)28)31(29,30)24-10-13-8-14(12-24)17-4-3-5-19(26)25(17)11-13/h3-7,9,13-14H,8,10-12H2,1-2H3. The van der Waals surface area contributed by atoms with Crippen molar-refractivity contribution in [2.45, 2.75) is 23.8 Å². The highest BCUT2D eigenvalue weighted by molar-refractivity contribution is 7.89. The monoisotopic (exact) mass is 442 g/mol. The summed E-state index contributed by atoms with van der Waals surface area (Å²) < 4.78 is 32.4. The van der Waals surface area contributed by atoms with Crippen LogP contribution in [-0.2, 0) is 30.7 Å². The number of sulfonamides is 1. The number of piperidine rings is 1. The smallest absolute Gasteiger partial charge is 0.312 e. The average Bonchev–Trinajstić information content (AvgIpc) is 2.76. The molecule has 1 saturated heterocycles. The third-order valence-electron chi connectivity index (χ3n) is 6.52. The average molecular weight is 442 g/mol. The second-order valence-corrected chi connectivity index (χ2v) is 10.3. The van der Waals surface area contributed by atoms with E-state index in [2.05, 4.69) is 0 Å². The van der Waals surface area contributed by atoms with Crippen LogP contribution in [0.4, 0.5) is 0 Å². The van der Waals surface area contributed by atoms with Gasteiger partial charge >= 0.3 is 5.69 Å². The Morgan fingerprint density at radius 1 is 0.935 bits per heavy atom. The van der Waals surface area contributed by atoms with E-state index in [1.807, 2.05) is 6.07 Å². The van der Waals surface area contributed by atoms with E-state index in [1.54, 1.807) is 17.7 Å². The van der Waals surface area contributed by atoms with E-state index in [0.717, 1.165) is 16.7 Å². The van der Waals surface area contributed by atoms with Crippen LogP contribution in [0.2, 0.25) is 0 Å². The van der Waals surface area contributed by atoms with E-state index < -0.39 is 21.3 Å². The van der Waals surface area contributed by atoms with Gasteiger partial charge in [0.05, 0.1) is 15.8 Å². The molecule has 0 N–H and O–H groups in total. The summed E-state index contributed by atoms with van der Waals surface area (Å²) in [6.45, 7) is 1.10. The van der Waals surface area contributed by atoms with E-state index in [0.29, 0.717) is 18.6 Å². The van der Waals surface area contributed by atoms with Crippen molar-refractivity contribution >= 4 is 20.9 Å². The zero-order chi connectivity index (χ0) is 22.1. The van der Waals surface area contributed by atoms with Gasteiger partial charge in [-0.1, -0.05) is 6.07 Å². The van der Waals surface area contributed by atoms with Crippen LogP contribution in [-0.4, -0.2) is 39.5 Å². The molecule has 1 aromatic carbocycles. The third kappa shape index (κ3) is 2.93. The van der Waals surface area contributed by atoms with Crippen LogP contribution >= 0.6 is 0 Å². The second kappa shape index (κ2) is 6.76. The minimum atomic E-state index is -3.85. The minimum absolute atomic E-state index is 0.0289. The lowest BCUT2D eigenvalue weighted by Gasteiger charge is -2.42. The molecule has 0 aliphatic carbocycles. The van der Waals surface area contributed by atoms with Gasteiger partial charge in [0, 0.05) is 51.4 Å². The van der Waals surface area contributed by atoms with Crippen LogP contribution in [0, 0.1) is 5.92 Å². The molecular weight excluding hydrogens is 420 g/mol. The van der Waals surface area contributed by atoms with E-state index in [1.165, 1.54) is 40.2 Å². The van der Waals surface area contributed by atoms with Crippen LogP contribution in [0.15, 0.2) is 55.7 Å². The van der Waals surface area contributed by atoms with Crippen LogP contribution in [0.1, 0.15) is 18.0 Å². The molecule has 2 bridgehead atoms. The molecule has 3 aromatic rings. The summed E-state index contributed by atoms with van der Waals surface area (Å²) in [4.78, 5) is 37.0. The fourth-order valence-corrected chi connectivity index (χ4v) is 6.52. The van der Waals surface area contributed by atoms with Crippen LogP contribution < -0.4 is 16.8 Å². The number of aryl methyl sites for hydroxylation is 1. The first-order valence-corrected chi connectivity index (χ1v) is 11.5. The van der Waals surface area contributed by atoms with Gasteiger partial charge in [0.2, 0.25) is 10.0 Å². The van der Waals surface area contributed by atoms with E-state index in [4.69, 9.17) is 0 Å². The number of hydrogen-bond donors (Lipinski definition) is 0. The molecule has 0 radical (unpaired) electrons. The van der Waals surface area contributed by atoms with Gasteiger partial charge in [-0.05, 0) is 36.6 Å². The summed E-state index contributed by atoms with van der Waals surface area (Å²) in [6, 6.07) is 9.44. The Morgan fingerprint density at radius 2 is 1.71 bits per heavy atom. The highest BCUT2D eigenvalue weighted by Crippen LogP contribution is 2.37. The molecule has 2 atom stereocenters. The molecule has 31 heavy (non-hydrogen) atoms. The highest BCUT2D eigenvalue weighted by atomic mass is 32.2. The van der Waals surface area contributed by atoms with Crippen LogP contribution in [0.3, 0.4) is 0 Å². The van der Waals surface area contributed by atoms with Crippen molar-refractivity contribution in [1.29, 1.82) is 0 Å². The van der Waals surface area contributed by atoms with Gasteiger partial charge in [-0.15, -0.1) is 0 Å². The van der Waals surface area contributed by atoms with Gasteiger partial charge in [-0.2, -0.15) is 4.31 Å². The number of aromatic nitrogens is 3. The molecule has 2 aromatic heterocycles. The second-order valence-electron chi connectivity index (χ2n) is 8.40. The Balaban J connectivity index is 1.58. The highest BCUT2D eigenvalue weighted by Gasteiger charge is 2.39. The van der Waals surface area contributed by atoms with Gasteiger partial charge in [0.25, 0.3) is 11.1 Å². The quantitative estimate of drug-likeness (QED) is 0.564. The third-order valence-corrected chi connectivity index (χ3v) is 8.35. The fourth-order valence-electron chi connectivity index (χ4n) is 4.93. The summed E-state index contributed by atoms with van der Waals surface area (Å²) in [5.74, 6) is 0.000551. The Bertz CT molecular complexity index is 1520. The maximum Gasteiger partial charge on any atom is 0.330 e. The molecule has 5 rings (SSSR count). The predicted molar refractivity (Wildman–Crippen MR) is 115 cm³/mol. The first-order valence-electron chi connectivity index (χ1n) is 10.1. The Morgan fingerprint density at radius 3 is 2.48 bits per heavy atom. The zero-order valence-electron chi connectivity index (χ0n) is 17.2. The number of fused-ring (bicyclic) bond motifs is 5. The number of pyridine rings is 1. The van der Waals surface area contributed by atoms with Gasteiger partial charge in [-0.3, -0.25) is 18.7 Å². The molecule has 1 fully saturated rings. The molecule has 162 valence electrons. The first kappa shape index (κ1) is 20.0. The molecular formula is C21H22N4O5S. The molecule has 0 spiro atoms. The van der Waals surface area contributed by atoms with Gasteiger partial charge in [0.15, 0.2) is 0 Å². The maximum atomic E-state index is 13.5. The van der Waals surface area contributed by atoms with Crippen molar-refractivity contribution in [2.24, 2.45) is 20.0 Å². The summed E-state index contributed by atoms with van der Waals surface area (Å²) >= 11 is 0. The summed E-state index contributed by atoms with van der Waals surface area (Å²) in [5.41, 5.74) is 0.200. The van der Waals surface area contributed by atoms with Crippen molar-refractivity contribution < 1.29 is 8.42 Å². The Labute approximate surface area is 177 Å². The van der Waals surface area contributed by atoms with E-state index >= 15 is 0 Å². The van der Waals surface area contributed by atoms with Gasteiger partial charge < -0.3 is 4.57 Å². The van der Waals surface area contributed by atoms with E-state index in [9.17, 15) is 22.8 Å². The normalized spacial score (nSPS) is 21.2. The van der Waals surface area contributed by atoms with Gasteiger partial charge in [0.1, 0.15) is 0 Å². The van der Waals surface area contributed by atoms with Crippen molar-refractivity contribution in [3.63, 3.8) is 0 Å². The number of nitrogens with zero attached hydrogens (tertiary/aromatic N) is 4. The summed E-state index contributed by atoms with van der Waals surface area (Å²) in [5, 5.41) is 0.180. The summed E-state index contributed by atoms with van der Waals surface area (Å²) in [6.07, 6.45) is 0.843. The lowest BCUT2D eigenvalue weighted by molar-refractivity contribution is 0.186. The van der Waals surface area contributed by atoms with Crippen LogP contribution in [0.25, 0.3) is 10.9 Å². The largest absolute Gasteiger partial charge is 0.330 e. The van der Waals surface area contributed by atoms with Crippen LogP contribution in [0.5, 0.6) is 0 Å². The SMILES string of the molecule is Cn1c(=O)c2cc(S(=O)(=O)N3CC4CC(C3)c3cccc(=O)n3C4)ccc2n(C)c1=O. The Hall–Kier alpha value is -2.98. The molecule has 10 heteroatoms. The van der Waals surface area contributed by atoms with Gasteiger partial charge in [-0.25, -0.2) is 13.2 Å². The molecule has 2 aliphatic heterocycles. The number of rotatable bonds is 2. The molecule has 2 unspecified atom stereocenters. The molecule has 0 amide bonds. The maximum absolute atomic E-state index is 13.5. The van der Waals surface area contributed by atoms with Crippen molar-refractivity contribution in [1.82, 2.24) is 18.0 Å². The topological polar surface area (TPSA) is 103 Å². The van der Waals surface area contributed by atoms with Crippen molar-refractivity contribution in [2.75, 3.05) is 13.1 Å². The van der Waals surface area contributed by atoms with Crippen molar-refractivity contribution in [3.8, 4) is 0 Å². The molecule has 9 nitrogen and oxygen atoms in total. The number of hydrogen-bond acceptors (Lipinski definition) is 5. The molecule has 0 saturated carbocycles. The fraction of sp³-hybridized carbons (Fsp3) is 0.381. The lowest BCUT2D eigenvalue weighted by Crippen LogP contribution is -2.49. The molecule has 2 aliphatic rings. The minimum Gasteiger partial charge on any atom is -0.312 e. The first-order chi connectivity index (χ1) is 14.7. The predicted octanol–water partition coefficient (Wildman–Crippen LogP) is 0.207.